The third-order valence-electron chi connectivity index (χ3n) is 1.08. The van der Waals surface area contributed by atoms with Gasteiger partial charge in [0.15, 0.2) is 0 Å². The van der Waals surface area contributed by atoms with E-state index in [0.717, 1.165) is 18.1 Å². The van der Waals surface area contributed by atoms with Crippen LogP contribution in [0.2, 0.25) is 0 Å². The Hall–Kier alpha value is -0.740. The second kappa shape index (κ2) is 2.70. The molecule has 0 bridgehead atoms. The minimum Gasteiger partial charge on any atom is -0.295 e. The summed E-state index contributed by atoms with van der Waals surface area (Å²) in [6, 6.07) is 0. The molecular formula is C5H11N3O. The van der Waals surface area contributed by atoms with E-state index >= 15 is 0 Å². The summed E-state index contributed by atoms with van der Waals surface area (Å²) in [5.74, 6) is 0. The van der Waals surface area contributed by atoms with Gasteiger partial charge < -0.3 is 0 Å². The van der Waals surface area contributed by atoms with E-state index in [4.69, 9.17) is 5.21 Å². The van der Waals surface area contributed by atoms with Crippen molar-refractivity contribution in [1.29, 1.82) is 0 Å². The van der Waals surface area contributed by atoms with Crippen LogP contribution in [-0.2, 0) is 0 Å². The van der Waals surface area contributed by atoms with E-state index in [2.05, 4.69) is 12.5 Å². The Bertz CT molecular complexity index is 115. The molecule has 0 atom stereocenters. The molecule has 9 heavy (non-hydrogen) atoms. The standard InChI is InChI=1S/C5H11N3O/c1-2-3-7-4-5-8(9)6-7/h4-6,9H,2-3H2,1H3. The van der Waals surface area contributed by atoms with Crippen molar-refractivity contribution < 1.29 is 5.21 Å². The van der Waals surface area contributed by atoms with Crippen LogP contribution in [0.3, 0.4) is 0 Å². The van der Waals surface area contributed by atoms with Crippen molar-refractivity contribution in [2.45, 2.75) is 13.3 Å². The van der Waals surface area contributed by atoms with E-state index in [0.29, 0.717) is 0 Å². The van der Waals surface area contributed by atoms with Gasteiger partial charge in [0.2, 0.25) is 0 Å². The van der Waals surface area contributed by atoms with Gasteiger partial charge in [0.05, 0.1) is 6.20 Å². The SMILES string of the molecule is CCCN1C=CN(O)N1. The van der Waals surface area contributed by atoms with E-state index in [-0.39, 0.29) is 0 Å². The van der Waals surface area contributed by atoms with E-state index in [9.17, 15) is 0 Å². The summed E-state index contributed by atoms with van der Waals surface area (Å²) < 4.78 is 0. The number of nitrogens with zero attached hydrogens (tertiary/aromatic N) is 2. The van der Waals surface area contributed by atoms with Gasteiger partial charge in [0.1, 0.15) is 0 Å². The molecule has 52 valence electrons. The Balaban J connectivity index is 2.24. The zero-order valence-electron chi connectivity index (χ0n) is 5.41. The smallest absolute Gasteiger partial charge is 0.0652 e. The molecule has 0 aromatic rings. The lowest BCUT2D eigenvalue weighted by Crippen LogP contribution is -2.37. The average molecular weight is 129 g/mol. The van der Waals surface area contributed by atoms with E-state index in [1.165, 1.54) is 0 Å². The predicted molar refractivity (Wildman–Crippen MR) is 32.9 cm³/mol. The zero-order valence-corrected chi connectivity index (χ0v) is 5.41. The molecule has 1 rings (SSSR count). The van der Waals surface area contributed by atoms with Gasteiger partial charge in [-0.25, -0.2) is 0 Å². The maximum absolute atomic E-state index is 8.72. The van der Waals surface area contributed by atoms with Crippen LogP contribution in [0, 0.1) is 0 Å². The first-order valence-corrected chi connectivity index (χ1v) is 3.02. The maximum atomic E-state index is 8.72. The first-order valence-electron chi connectivity index (χ1n) is 3.02. The molecule has 2 N–H and O–H groups in total. The maximum Gasteiger partial charge on any atom is 0.0652 e. The molecule has 4 nitrogen and oxygen atoms in total. The van der Waals surface area contributed by atoms with Crippen molar-refractivity contribution in [3.63, 3.8) is 0 Å². The van der Waals surface area contributed by atoms with Gasteiger partial charge in [-0.2, -0.15) is 5.17 Å². The lowest BCUT2D eigenvalue weighted by molar-refractivity contribution is -0.119. The van der Waals surface area contributed by atoms with Gasteiger partial charge in [0, 0.05) is 12.7 Å². The van der Waals surface area contributed by atoms with Crippen LogP contribution in [0.25, 0.3) is 0 Å². The molecule has 0 radical (unpaired) electrons. The molecule has 0 aromatic carbocycles. The number of hydrogen-bond acceptors (Lipinski definition) is 4. The van der Waals surface area contributed by atoms with E-state index < -0.39 is 0 Å². The van der Waals surface area contributed by atoms with Crippen molar-refractivity contribution in [1.82, 2.24) is 15.7 Å². The normalized spacial score (nSPS) is 17.6. The van der Waals surface area contributed by atoms with Crippen molar-refractivity contribution >= 4 is 0 Å². The fraction of sp³-hybridized carbons (Fsp3) is 0.600. The van der Waals surface area contributed by atoms with Crippen LogP contribution >= 0.6 is 0 Å². The Kier molecular flexibility index (Phi) is 1.92. The molecule has 4 heteroatoms. The van der Waals surface area contributed by atoms with Crippen LogP contribution in [0.5, 0.6) is 0 Å². The molecule has 0 saturated heterocycles. The van der Waals surface area contributed by atoms with Crippen molar-refractivity contribution in [2.75, 3.05) is 6.54 Å². The first-order chi connectivity index (χ1) is 4.33. The van der Waals surface area contributed by atoms with Crippen LogP contribution in [-0.4, -0.2) is 21.9 Å². The minimum absolute atomic E-state index is 0.910. The van der Waals surface area contributed by atoms with Gasteiger partial charge in [-0.05, 0) is 6.42 Å². The van der Waals surface area contributed by atoms with Gasteiger partial charge in [-0.1, -0.05) is 6.92 Å². The van der Waals surface area contributed by atoms with Gasteiger partial charge in [0.25, 0.3) is 0 Å². The Labute approximate surface area is 54.3 Å². The van der Waals surface area contributed by atoms with Crippen LogP contribution < -0.4 is 5.53 Å². The molecule has 0 unspecified atom stereocenters. The Morgan fingerprint density at radius 3 is 2.78 bits per heavy atom. The molecule has 0 aliphatic carbocycles. The summed E-state index contributed by atoms with van der Waals surface area (Å²) in [5.41, 5.74) is 2.67. The number of hydrazine groups is 2. The highest BCUT2D eigenvalue weighted by atomic mass is 16.6. The van der Waals surface area contributed by atoms with E-state index in [1.54, 1.807) is 17.4 Å². The number of hydrogen-bond donors (Lipinski definition) is 2. The fourth-order valence-electron chi connectivity index (χ4n) is 0.707. The molecule has 1 aliphatic heterocycles. The minimum atomic E-state index is 0.910. The summed E-state index contributed by atoms with van der Waals surface area (Å²) in [6.45, 7) is 2.99. The molecule has 0 amide bonds. The molecule has 0 fully saturated rings. The highest BCUT2D eigenvalue weighted by Crippen LogP contribution is 1.96. The average Bonchev–Trinajstić information content (AvgIpc) is 2.17. The van der Waals surface area contributed by atoms with Crippen LogP contribution in [0.15, 0.2) is 12.4 Å². The molecular weight excluding hydrogens is 118 g/mol. The summed E-state index contributed by atoms with van der Waals surface area (Å²) in [6.07, 6.45) is 4.39. The van der Waals surface area contributed by atoms with Crippen molar-refractivity contribution in [2.24, 2.45) is 0 Å². The third kappa shape index (κ3) is 1.58. The second-order valence-electron chi connectivity index (χ2n) is 1.94. The van der Waals surface area contributed by atoms with Gasteiger partial charge in [-0.15, -0.1) is 5.53 Å². The van der Waals surface area contributed by atoms with Crippen LogP contribution in [0.4, 0.5) is 0 Å². The number of rotatable bonds is 2. The number of nitrogens with one attached hydrogen (secondary N) is 1. The third-order valence-corrected chi connectivity index (χ3v) is 1.08. The lowest BCUT2D eigenvalue weighted by atomic mass is 10.5. The molecule has 0 spiro atoms. The fourth-order valence-corrected chi connectivity index (χ4v) is 0.707. The van der Waals surface area contributed by atoms with Gasteiger partial charge in [-0.3, -0.25) is 10.2 Å². The summed E-state index contributed by atoms with van der Waals surface area (Å²) in [7, 11) is 0. The van der Waals surface area contributed by atoms with E-state index in [1.807, 2.05) is 0 Å². The molecule has 0 aromatic heterocycles. The van der Waals surface area contributed by atoms with Gasteiger partial charge >= 0.3 is 0 Å². The number of hydroxylamine groups is 1. The molecule has 0 saturated carbocycles. The van der Waals surface area contributed by atoms with Crippen molar-refractivity contribution in [3.05, 3.63) is 12.4 Å². The quantitative estimate of drug-likeness (QED) is 0.562. The highest BCUT2D eigenvalue weighted by molar-refractivity contribution is 4.80. The highest BCUT2D eigenvalue weighted by Gasteiger charge is 2.05. The summed E-state index contributed by atoms with van der Waals surface area (Å²) in [5, 5.41) is 11.5. The zero-order chi connectivity index (χ0) is 6.69. The topological polar surface area (TPSA) is 38.7 Å². The summed E-state index contributed by atoms with van der Waals surface area (Å²) >= 11 is 0. The second-order valence-corrected chi connectivity index (χ2v) is 1.94. The Morgan fingerprint density at radius 2 is 2.33 bits per heavy atom. The molecule has 1 aliphatic rings. The largest absolute Gasteiger partial charge is 0.295 e. The molecule has 1 heterocycles. The Morgan fingerprint density at radius 1 is 1.56 bits per heavy atom. The van der Waals surface area contributed by atoms with Crippen LogP contribution in [0.1, 0.15) is 13.3 Å². The predicted octanol–water partition coefficient (Wildman–Crippen LogP) is 0.294. The monoisotopic (exact) mass is 129 g/mol. The lowest BCUT2D eigenvalue weighted by Gasteiger charge is -2.16. The summed E-state index contributed by atoms with van der Waals surface area (Å²) in [4.78, 5) is 0. The first kappa shape index (κ1) is 6.38. The van der Waals surface area contributed by atoms with Crippen molar-refractivity contribution in [3.8, 4) is 0 Å².